The SMILES string of the molecule is O=C=NC(=O)c1ccn2ccccc12. The van der Waals surface area contributed by atoms with Crippen molar-refractivity contribution in [3.05, 3.63) is 42.2 Å². The summed E-state index contributed by atoms with van der Waals surface area (Å²) < 4.78 is 1.79. The third-order valence-electron chi connectivity index (χ3n) is 1.95. The van der Waals surface area contributed by atoms with Crippen molar-refractivity contribution in [1.82, 2.24) is 4.40 Å². The van der Waals surface area contributed by atoms with Crippen molar-refractivity contribution in [3.63, 3.8) is 0 Å². The van der Waals surface area contributed by atoms with E-state index in [-0.39, 0.29) is 0 Å². The van der Waals surface area contributed by atoms with Gasteiger partial charge in [-0.15, -0.1) is 4.99 Å². The van der Waals surface area contributed by atoms with E-state index in [0.29, 0.717) is 5.56 Å². The summed E-state index contributed by atoms with van der Waals surface area (Å²) in [5.41, 5.74) is 1.14. The molecule has 0 saturated heterocycles. The molecule has 1 amide bonds. The molecule has 4 heteroatoms. The highest BCUT2D eigenvalue weighted by Gasteiger charge is 2.08. The van der Waals surface area contributed by atoms with Gasteiger partial charge >= 0.3 is 0 Å². The van der Waals surface area contributed by atoms with Crippen LogP contribution in [0.5, 0.6) is 0 Å². The van der Waals surface area contributed by atoms with E-state index in [0.717, 1.165) is 5.52 Å². The van der Waals surface area contributed by atoms with Gasteiger partial charge in [0.15, 0.2) is 0 Å². The maximum Gasteiger partial charge on any atom is 0.289 e. The summed E-state index contributed by atoms with van der Waals surface area (Å²) in [6, 6.07) is 7.08. The predicted molar refractivity (Wildman–Crippen MR) is 49.8 cm³/mol. The normalized spacial score (nSPS) is 9.71. The van der Waals surface area contributed by atoms with Crippen molar-refractivity contribution in [2.75, 3.05) is 0 Å². The zero-order valence-corrected chi connectivity index (χ0v) is 7.18. The molecule has 0 aliphatic heterocycles. The van der Waals surface area contributed by atoms with Crippen LogP contribution in [0, 0.1) is 0 Å². The van der Waals surface area contributed by atoms with Crippen LogP contribution < -0.4 is 0 Å². The van der Waals surface area contributed by atoms with Crippen LogP contribution in [0.2, 0.25) is 0 Å². The Morgan fingerprint density at radius 3 is 2.93 bits per heavy atom. The fraction of sp³-hybridized carbons (Fsp3) is 0. The van der Waals surface area contributed by atoms with Crippen molar-refractivity contribution in [3.8, 4) is 0 Å². The second-order valence-electron chi connectivity index (χ2n) is 2.73. The Hall–Kier alpha value is -2.19. The Labute approximate surface area is 79.5 Å². The summed E-state index contributed by atoms with van der Waals surface area (Å²) in [6.45, 7) is 0. The van der Waals surface area contributed by atoms with E-state index in [1.54, 1.807) is 22.7 Å². The van der Waals surface area contributed by atoms with Gasteiger partial charge in [-0.2, -0.15) is 0 Å². The minimum absolute atomic E-state index is 0.411. The highest BCUT2D eigenvalue weighted by molar-refractivity contribution is 6.03. The summed E-state index contributed by atoms with van der Waals surface area (Å²) in [5.74, 6) is -0.561. The molecule has 0 unspecified atom stereocenters. The number of carbonyl (C=O) groups excluding carboxylic acids is 2. The van der Waals surface area contributed by atoms with Crippen molar-refractivity contribution >= 4 is 17.5 Å². The Bertz CT molecular complexity index is 536. The molecule has 2 heterocycles. The zero-order chi connectivity index (χ0) is 9.97. The van der Waals surface area contributed by atoms with E-state index in [9.17, 15) is 9.59 Å². The van der Waals surface area contributed by atoms with Crippen LogP contribution in [0.3, 0.4) is 0 Å². The molecule has 0 atom stereocenters. The number of aliphatic imine (C=N–C) groups is 1. The molecule has 2 rings (SSSR count). The maximum atomic E-state index is 11.3. The molecule has 14 heavy (non-hydrogen) atoms. The molecule has 0 spiro atoms. The first kappa shape index (κ1) is 8.41. The zero-order valence-electron chi connectivity index (χ0n) is 7.18. The first-order valence-electron chi connectivity index (χ1n) is 4.01. The molecular formula is C10H6N2O2. The lowest BCUT2D eigenvalue weighted by atomic mass is 10.2. The molecule has 0 saturated carbocycles. The fourth-order valence-corrected chi connectivity index (χ4v) is 1.34. The molecule has 2 aromatic heterocycles. The molecule has 0 aliphatic carbocycles. The molecule has 0 fully saturated rings. The molecule has 0 N–H and O–H groups in total. The molecule has 4 nitrogen and oxygen atoms in total. The van der Waals surface area contributed by atoms with E-state index in [2.05, 4.69) is 4.99 Å². The van der Waals surface area contributed by atoms with Crippen LogP contribution in [0.15, 0.2) is 41.7 Å². The predicted octanol–water partition coefficient (Wildman–Crippen LogP) is 1.42. The number of isocyanates is 1. The Morgan fingerprint density at radius 2 is 2.14 bits per heavy atom. The number of carbonyl (C=O) groups is 1. The molecule has 0 aromatic carbocycles. The highest BCUT2D eigenvalue weighted by atomic mass is 16.2. The quantitative estimate of drug-likeness (QED) is 0.499. The van der Waals surface area contributed by atoms with Crippen LogP contribution in [0.25, 0.3) is 5.52 Å². The monoisotopic (exact) mass is 186 g/mol. The van der Waals surface area contributed by atoms with Gasteiger partial charge in [0.2, 0.25) is 6.08 Å². The van der Waals surface area contributed by atoms with Gasteiger partial charge in [0, 0.05) is 12.4 Å². The van der Waals surface area contributed by atoms with Crippen LogP contribution in [-0.2, 0) is 4.79 Å². The van der Waals surface area contributed by atoms with Gasteiger partial charge in [-0.1, -0.05) is 6.07 Å². The number of rotatable bonds is 1. The second-order valence-corrected chi connectivity index (χ2v) is 2.73. The number of amides is 1. The summed E-state index contributed by atoms with van der Waals surface area (Å²) in [5, 5.41) is 0. The van der Waals surface area contributed by atoms with E-state index in [1.807, 2.05) is 18.3 Å². The van der Waals surface area contributed by atoms with E-state index >= 15 is 0 Å². The number of hydrogen-bond donors (Lipinski definition) is 0. The molecule has 2 aromatic rings. The van der Waals surface area contributed by atoms with E-state index in [1.165, 1.54) is 6.08 Å². The summed E-state index contributed by atoms with van der Waals surface area (Å²) in [6.07, 6.45) is 4.79. The van der Waals surface area contributed by atoms with Crippen LogP contribution in [0.4, 0.5) is 0 Å². The van der Waals surface area contributed by atoms with Crippen molar-refractivity contribution in [1.29, 1.82) is 0 Å². The minimum Gasteiger partial charge on any atom is -0.323 e. The van der Waals surface area contributed by atoms with Crippen molar-refractivity contribution in [2.45, 2.75) is 0 Å². The Balaban J connectivity index is 2.64. The van der Waals surface area contributed by atoms with Gasteiger partial charge in [-0.25, -0.2) is 4.79 Å². The second kappa shape index (κ2) is 3.28. The largest absolute Gasteiger partial charge is 0.323 e. The first-order valence-corrected chi connectivity index (χ1v) is 4.01. The van der Waals surface area contributed by atoms with Gasteiger partial charge in [0.1, 0.15) is 0 Å². The number of fused-ring (bicyclic) bond motifs is 1. The summed E-state index contributed by atoms with van der Waals surface area (Å²) in [4.78, 5) is 24.3. The molecule has 0 radical (unpaired) electrons. The first-order chi connectivity index (χ1) is 6.83. The Morgan fingerprint density at radius 1 is 1.29 bits per heavy atom. The van der Waals surface area contributed by atoms with Gasteiger partial charge in [0.25, 0.3) is 5.91 Å². The highest BCUT2D eigenvalue weighted by Crippen LogP contribution is 2.12. The van der Waals surface area contributed by atoms with Gasteiger partial charge in [-0.05, 0) is 18.2 Å². The average Bonchev–Trinajstić information content (AvgIpc) is 2.61. The van der Waals surface area contributed by atoms with Crippen molar-refractivity contribution in [2.24, 2.45) is 4.99 Å². The van der Waals surface area contributed by atoms with Gasteiger partial charge < -0.3 is 4.40 Å². The third kappa shape index (κ3) is 1.24. The number of hydrogen-bond acceptors (Lipinski definition) is 2. The topological polar surface area (TPSA) is 50.9 Å². The van der Waals surface area contributed by atoms with E-state index in [4.69, 9.17) is 0 Å². The lowest BCUT2D eigenvalue weighted by Gasteiger charge is -1.93. The Kier molecular flexibility index (Phi) is 1.97. The van der Waals surface area contributed by atoms with Gasteiger partial charge in [0.05, 0.1) is 11.1 Å². The fourth-order valence-electron chi connectivity index (χ4n) is 1.34. The lowest BCUT2D eigenvalue weighted by molar-refractivity contribution is 0.100. The maximum absolute atomic E-state index is 11.3. The smallest absolute Gasteiger partial charge is 0.289 e. The molecule has 68 valence electrons. The molecule has 0 aliphatic rings. The summed E-state index contributed by atoms with van der Waals surface area (Å²) >= 11 is 0. The van der Waals surface area contributed by atoms with Crippen molar-refractivity contribution < 1.29 is 9.59 Å². The van der Waals surface area contributed by atoms with Gasteiger partial charge in [-0.3, -0.25) is 4.79 Å². The molecular weight excluding hydrogens is 180 g/mol. The number of nitrogens with zero attached hydrogens (tertiary/aromatic N) is 2. The average molecular weight is 186 g/mol. The van der Waals surface area contributed by atoms with Crippen LogP contribution >= 0.6 is 0 Å². The molecule has 0 bridgehead atoms. The standard InChI is InChI=1S/C10H6N2O2/c13-7-11-10(14)8-4-6-12-5-2-1-3-9(8)12/h1-6H. The van der Waals surface area contributed by atoms with Crippen LogP contribution in [0.1, 0.15) is 10.4 Å². The van der Waals surface area contributed by atoms with Crippen LogP contribution in [-0.4, -0.2) is 16.4 Å². The summed E-state index contributed by atoms with van der Waals surface area (Å²) in [7, 11) is 0. The number of aromatic nitrogens is 1. The van der Waals surface area contributed by atoms with E-state index < -0.39 is 5.91 Å². The number of pyridine rings is 1. The third-order valence-corrected chi connectivity index (χ3v) is 1.95. The minimum atomic E-state index is -0.561. The lowest BCUT2D eigenvalue weighted by Crippen LogP contribution is -1.93.